The van der Waals surface area contributed by atoms with Crippen molar-refractivity contribution in [3.8, 4) is 0 Å². The average molecular weight is 348 g/mol. The molecule has 2 aliphatic heterocycles. The molecule has 0 bridgehead atoms. The third-order valence-electron chi connectivity index (χ3n) is 5.22. The van der Waals surface area contributed by atoms with E-state index < -0.39 is 0 Å². The van der Waals surface area contributed by atoms with E-state index in [1.807, 2.05) is 30.3 Å². The monoisotopic (exact) mass is 348 g/mol. The number of esters is 1. The van der Waals surface area contributed by atoms with E-state index >= 15 is 0 Å². The fourth-order valence-electron chi connectivity index (χ4n) is 3.83. The van der Waals surface area contributed by atoms with Crippen LogP contribution in [0.1, 0.15) is 30.4 Å². The van der Waals surface area contributed by atoms with E-state index in [2.05, 4.69) is 41.5 Å². The Morgan fingerprint density at radius 2 is 1.92 bits per heavy atom. The molecule has 2 aliphatic rings. The van der Waals surface area contributed by atoms with Crippen molar-refractivity contribution < 1.29 is 9.53 Å². The van der Waals surface area contributed by atoms with Crippen LogP contribution in [0.15, 0.2) is 66.0 Å². The number of allylic oxidation sites excluding steroid dienone is 1. The van der Waals surface area contributed by atoms with Gasteiger partial charge in [0.2, 0.25) is 0 Å². The Bertz CT molecular complexity index is 829. The van der Waals surface area contributed by atoms with E-state index in [1.54, 1.807) is 0 Å². The van der Waals surface area contributed by atoms with Crippen molar-refractivity contribution in [3.63, 3.8) is 0 Å². The van der Waals surface area contributed by atoms with Crippen LogP contribution in [0.25, 0.3) is 0 Å². The van der Waals surface area contributed by atoms with E-state index in [-0.39, 0.29) is 12.0 Å². The van der Waals surface area contributed by atoms with Crippen LogP contribution in [-0.4, -0.2) is 19.1 Å². The van der Waals surface area contributed by atoms with E-state index in [9.17, 15) is 4.79 Å². The van der Waals surface area contributed by atoms with E-state index in [1.165, 1.54) is 16.8 Å². The molecule has 0 saturated heterocycles. The standard InChI is InChI=1S/C22H24N2O2/c1-24-20-13-6-5-10-17(20)14-18-11-7-12-19(23-21(18)24)22(25)26-15-16-8-3-2-4-9-16/h2-6,8-10,13,19,23H,7,11-12,14-15H2,1H3. The van der Waals surface area contributed by atoms with Gasteiger partial charge in [-0.05, 0) is 48.4 Å². The van der Waals surface area contributed by atoms with Crippen LogP contribution in [0.4, 0.5) is 5.69 Å². The number of anilines is 1. The van der Waals surface area contributed by atoms with Gasteiger partial charge >= 0.3 is 5.97 Å². The SMILES string of the molecule is CN1C2=C(CCCC(C(=O)OCc3ccccc3)N2)Cc2ccccc21. The van der Waals surface area contributed by atoms with Gasteiger partial charge in [-0.1, -0.05) is 48.5 Å². The van der Waals surface area contributed by atoms with Crippen molar-refractivity contribution >= 4 is 11.7 Å². The van der Waals surface area contributed by atoms with Crippen LogP contribution in [0.2, 0.25) is 0 Å². The van der Waals surface area contributed by atoms with Crippen molar-refractivity contribution in [2.24, 2.45) is 0 Å². The average Bonchev–Trinajstić information content (AvgIpc) is 2.90. The smallest absolute Gasteiger partial charge is 0.328 e. The summed E-state index contributed by atoms with van der Waals surface area (Å²) < 4.78 is 5.57. The van der Waals surface area contributed by atoms with Gasteiger partial charge in [-0.2, -0.15) is 0 Å². The highest BCUT2D eigenvalue weighted by atomic mass is 16.5. The van der Waals surface area contributed by atoms with Crippen molar-refractivity contribution in [2.45, 2.75) is 38.3 Å². The number of rotatable bonds is 3. The molecule has 2 aromatic carbocycles. The van der Waals surface area contributed by atoms with Gasteiger partial charge in [0, 0.05) is 12.7 Å². The minimum Gasteiger partial charge on any atom is -0.459 e. The summed E-state index contributed by atoms with van der Waals surface area (Å²) in [6, 6.07) is 18.0. The zero-order valence-electron chi connectivity index (χ0n) is 15.1. The topological polar surface area (TPSA) is 41.6 Å². The minimum absolute atomic E-state index is 0.171. The molecule has 0 saturated carbocycles. The minimum atomic E-state index is -0.293. The number of para-hydroxylation sites is 1. The highest BCUT2D eigenvalue weighted by Crippen LogP contribution is 2.34. The number of hydrogen-bond acceptors (Lipinski definition) is 4. The fourth-order valence-corrected chi connectivity index (χ4v) is 3.83. The zero-order chi connectivity index (χ0) is 17.9. The van der Waals surface area contributed by atoms with Gasteiger partial charge in [0.05, 0.1) is 0 Å². The predicted octanol–water partition coefficient (Wildman–Crippen LogP) is 3.78. The van der Waals surface area contributed by atoms with Gasteiger partial charge in [0.25, 0.3) is 0 Å². The first-order valence-electron chi connectivity index (χ1n) is 9.23. The van der Waals surface area contributed by atoms with Crippen molar-refractivity contribution in [3.05, 3.63) is 77.1 Å². The van der Waals surface area contributed by atoms with Crippen molar-refractivity contribution in [1.29, 1.82) is 0 Å². The lowest BCUT2D eigenvalue weighted by molar-refractivity contribution is -0.147. The highest BCUT2D eigenvalue weighted by molar-refractivity contribution is 5.77. The quantitative estimate of drug-likeness (QED) is 0.857. The molecule has 0 amide bonds. The van der Waals surface area contributed by atoms with Gasteiger partial charge in [0.1, 0.15) is 18.5 Å². The van der Waals surface area contributed by atoms with E-state index in [0.29, 0.717) is 6.61 Å². The molecule has 26 heavy (non-hydrogen) atoms. The Labute approximate surface area is 154 Å². The lowest BCUT2D eigenvalue weighted by Gasteiger charge is -2.33. The number of fused-ring (bicyclic) bond motifs is 1. The first kappa shape index (κ1) is 16.7. The second kappa shape index (κ2) is 7.24. The van der Waals surface area contributed by atoms with Crippen LogP contribution < -0.4 is 10.2 Å². The largest absolute Gasteiger partial charge is 0.459 e. The molecule has 1 unspecified atom stereocenters. The summed E-state index contributed by atoms with van der Waals surface area (Å²) in [5.41, 5.74) is 4.94. The zero-order valence-corrected chi connectivity index (χ0v) is 15.1. The van der Waals surface area contributed by atoms with Crippen LogP contribution >= 0.6 is 0 Å². The summed E-state index contributed by atoms with van der Waals surface area (Å²) in [4.78, 5) is 14.8. The summed E-state index contributed by atoms with van der Waals surface area (Å²) >= 11 is 0. The van der Waals surface area contributed by atoms with Crippen molar-refractivity contribution in [2.75, 3.05) is 11.9 Å². The lowest BCUT2D eigenvalue weighted by atomic mass is 9.95. The first-order chi connectivity index (χ1) is 12.7. The van der Waals surface area contributed by atoms with Gasteiger partial charge in [0.15, 0.2) is 0 Å². The number of benzene rings is 2. The summed E-state index contributed by atoms with van der Waals surface area (Å²) in [5, 5.41) is 3.48. The summed E-state index contributed by atoms with van der Waals surface area (Å²) in [5.74, 6) is 0.901. The Kier molecular flexibility index (Phi) is 4.65. The maximum atomic E-state index is 12.6. The maximum Gasteiger partial charge on any atom is 0.328 e. The first-order valence-corrected chi connectivity index (χ1v) is 9.23. The summed E-state index contributed by atoms with van der Waals surface area (Å²) in [6.07, 6.45) is 3.76. The summed E-state index contributed by atoms with van der Waals surface area (Å²) in [7, 11) is 2.07. The third-order valence-corrected chi connectivity index (χ3v) is 5.22. The molecule has 2 aromatic rings. The lowest BCUT2D eigenvalue weighted by Crippen LogP contribution is -2.42. The number of carbonyl (C=O) groups is 1. The maximum absolute atomic E-state index is 12.6. The molecule has 0 aliphatic carbocycles. The third kappa shape index (κ3) is 3.32. The van der Waals surface area contributed by atoms with Gasteiger partial charge < -0.3 is 15.0 Å². The Morgan fingerprint density at radius 1 is 1.15 bits per heavy atom. The molecule has 134 valence electrons. The molecule has 4 rings (SSSR count). The second-order valence-electron chi connectivity index (χ2n) is 7.00. The molecular weight excluding hydrogens is 324 g/mol. The second-order valence-corrected chi connectivity index (χ2v) is 7.00. The van der Waals surface area contributed by atoms with E-state index in [0.717, 1.165) is 37.1 Å². The predicted molar refractivity (Wildman–Crippen MR) is 103 cm³/mol. The fraction of sp³-hybridized carbons (Fsp3) is 0.318. The van der Waals surface area contributed by atoms with E-state index in [4.69, 9.17) is 4.74 Å². The molecule has 1 atom stereocenters. The number of ether oxygens (including phenoxy) is 1. The van der Waals surface area contributed by atoms with Gasteiger partial charge in [-0.15, -0.1) is 0 Å². The number of carbonyl (C=O) groups excluding carboxylic acids is 1. The molecule has 1 N–H and O–H groups in total. The molecule has 0 radical (unpaired) electrons. The Balaban J connectivity index is 1.47. The molecular formula is C22H24N2O2. The Hall–Kier alpha value is -2.75. The van der Waals surface area contributed by atoms with Crippen LogP contribution in [0.5, 0.6) is 0 Å². The molecule has 0 aromatic heterocycles. The molecule has 0 spiro atoms. The molecule has 4 nitrogen and oxygen atoms in total. The van der Waals surface area contributed by atoms with Crippen LogP contribution in [0, 0.1) is 0 Å². The number of hydrogen-bond donors (Lipinski definition) is 1. The van der Waals surface area contributed by atoms with Gasteiger partial charge in [-0.3, -0.25) is 0 Å². The number of nitrogens with zero attached hydrogens (tertiary/aromatic N) is 1. The van der Waals surface area contributed by atoms with Crippen LogP contribution in [0.3, 0.4) is 0 Å². The van der Waals surface area contributed by atoms with Crippen molar-refractivity contribution in [1.82, 2.24) is 5.32 Å². The molecule has 4 heteroatoms. The highest BCUT2D eigenvalue weighted by Gasteiger charge is 2.30. The summed E-state index contributed by atoms with van der Waals surface area (Å²) in [6.45, 7) is 0.322. The molecule has 2 heterocycles. The molecule has 0 fully saturated rings. The van der Waals surface area contributed by atoms with Crippen LogP contribution in [-0.2, 0) is 22.6 Å². The number of nitrogens with one attached hydrogen (secondary N) is 1. The normalized spacial score (nSPS) is 19.1. The van der Waals surface area contributed by atoms with Gasteiger partial charge in [-0.25, -0.2) is 4.79 Å². The Morgan fingerprint density at radius 3 is 2.77 bits per heavy atom.